The van der Waals surface area contributed by atoms with Gasteiger partial charge in [0.1, 0.15) is 11.6 Å². The van der Waals surface area contributed by atoms with Crippen LogP contribution in [0, 0.1) is 0 Å². The smallest absolute Gasteiger partial charge is 0.150 e. The van der Waals surface area contributed by atoms with E-state index in [0.29, 0.717) is 6.04 Å². The fourth-order valence-corrected chi connectivity index (χ4v) is 2.63. The maximum Gasteiger partial charge on any atom is 0.150 e. The molecule has 88 valence electrons. The Labute approximate surface area is 95.8 Å². The minimum Gasteiger partial charge on any atom is -0.311 e. The number of hydrogen-bond donors (Lipinski definition) is 1. The molecule has 0 bridgehead atoms. The Kier molecular flexibility index (Phi) is 2.65. The summed E-state index contributed by atoms with van der Waals surface area (Å²) in [6.45, 7) is 4.18. The van der Waals surface area contributed by atoms with Crippen molar-refractivity contribution in [3.8, 4) is 0 Å². The minimum atomic E-state index is 0.429. The van der Waals surface area contributed by atoms with Crippen molar-refractivity contribution >= 4 is 0 Å². The largest absolute Gasteiger partial charge is 0.311 e. The maximum atomic E-state index is 4.38. The number of nitrogens with zero attached hydrogens (tertiary/aromatic N) is 4. The van der Waals surface area contributed by atoms with Crippen molar-refractivity contribution in [2.24, 2.45) is 0 Å². The zero-order chi connectivity index (χ0) is 11.0. The van der Waals surface area contributed by atoms with Crippen LogP contribution in [0.5, 0.6) is 0 Å². The summed E-state index contributed by atoms with van der Waals surface area (Å²) in [6.07, 6.45) is 3.80. The van der Waals surface area contributed by atoms with Gasteiger partial charge < -0.3 is 9.88 Å². The molecule has 3 rings (SSSR count). The molecule has 0 aromatic carbocycles. The van der Waals surface area contributed by atoms with Gasteiger partial charge in [-0.2, -0.15) is 0 Å². The van der Waals surface area contributed by atoms with E-state index in [-0.39, 0.29) is 0 Å². The van der Waals surface area contributed by atoms with Crippen LogP contribution in [0.25, 0.3) is 0 Å². The fraction of sp³-hybridized carbons (Fsp3) is 0.818. The van der Waals surface area contributed by atoms with Gasteiger partial charge in [0, 0.05) is 13.1 Å². The Morgan fingerprint density at radius 3 is 3.00 bits per heavy atom. The number of piperidine rings is 1. The van der Waals surface area contributed by atoms with Crippen LogP contribution in [0.4, 0.5) is 0 Å². The topological polar surface area (TPSA) is 46.0 Å². The second kappa shape index (κ2) is 4.14. The SMILES string of the molecule is CN1CCn2c(nnc2C2CCCCN2)C1. The summed E-state index contributed by atoms with van der Waals surface area (Å²) in [5.74, 6) is 2.28. The van der Waals surface area contributed by atoms with E-state index >= 15 is 0 Å². The Morgan fingerprint density at radius 1 is 1.25 bits per heavy atom. The van der Waals surface area contributed by atoms with Crippen LogP contribution < -0.4 is 5.32 Å². The van der Waals surface area contributed by atoms with Crippen molar-refractivity contribution < 1.29 is 0 Å². The molecule has 16 heavy (non-hydrogen) atoms. The summed E-state index contributed by atoms with van der Waals surface area (Å²) < 4.78 is 2.31. The van der Waals surface area contributed by atoms with Gasteiger partial charge in [-0.1, -0.05) is 6.42 Å². The van der Waals surface area contributed by atoms with Crippen LogP contribution in [0.2, 0.25) is 0 Å². The van der Waals surface area contributed by atoms with Crippen molar-refractivity contribution in [3.63, 3.8) is 0 Å². The summed E-state index contributed by atoms with van der Waals surface area (Å²) in [6, 6.07) is 0.429. The molecular formula is C11H19N5. The molecule has 0 radical (unpaired) electrons. The normalized spacial score (nSPS) is 26.7. The zero-order valence-corrected chi connectivity index (χ0v) is 9.82. The quantitative estimate of drug-likeness (QED) is 0.752. The Bertz CT molecular complexity index is 366. The molecule has 0 spiro atoms. The van der Waals surface area contributed by atoms with Crippen LogP contribution >= 0.6 is 0 Å². The molecule has 0 aliphatic carbocycles. The summed E-state index contributed by atoms with van der Waals surface area (Å²) in [7, 11) is 2.14. The second-order valence-electron chi connectivity index (χ2n) is 4.87. The average molecular weight is 221 g/mol. The summed E-state index contributed by atoms with van der Waals surface area (Å²) >= 11 is 0. The molecule has 5 nitrogen and oxygen atoms in total. The van der Waals surface area contributed by atoms with Gasteiger partial charge in [-0.25, -0.2) is 0 Å². The molecule has 2 aliphatic heterocycles. The van der Waals surface area contributed by atoms with Gasteiger partial charge >= 0.3 is 0 Å². The third kappa shape index (κ3) is 1.74. The standard InChI is InChI=1S/C11H19N5/c1-15-6-7-16-10(8-15)13-14-11(16)9-4-2-3-5-12-9/h9,12H,2-8H2,1H3. The average Bonchev–Trinajstić information content (AvgIpc) is 2.73. The molecule has 1 fully saturated rings. The highest BCUT2D eigenvalue weighted by atomic mass is 15.3. The first-order chi connectivity index (χ1) is 7.84. The van der Waals surface area contributed by atoms with Crippen molar-refractivity contribution in [2.45, 2.75) is 38.4 Å². The molecular weight excluding hydrogens is 202 g/mol. The lowest BCUT2D eigenvalue weighted by Crippen LogP contribution is -2.34. The molecule has 1 unspecified atom stereocenters. The molecule has 1 aromatic rings. The van der Waals surface area contributed by atoms with Crippen molar-refractivity contribution in [1.29, 1.82) is 0 Å². The number of rotatable bonds is 1. The Hall–Kier alpha value is -0.940. The second-order valence-corrected chi connectivity index (χ2v) is 4.87. The number of hydrogen-bond acceptors (Lipinski definition) is 4. The molecule has 5 heteroatoms. The highest BCUT2D eigenvalue weighted by Crippen LogP contribution is 2.23. The molecule has 1 N–H and O–H groups in total. The molecule has 2 aliphatic rings. The number of nitrogens with one attached hydrogen (secondary N) is 1. The van der Waals surface area contributed by atoms with E-state index in [4.69, 9.17) is 0 Å². The third-order valence-corrected chi connectivity index (χ3v) is 3.59. The summed E-state index contributed by atoms with van der Waals surface area (Å²) in [5, 5.41) is 12.2. The van der Waals surface area contributed by atoms with Crippen molar-refractivity contribution in [2.75, 3.05) is 20.1 Å². The van der Waals surface area contributed by atoms with Gasteiger partial charge in [0.05, 0.1) is 12.6 Å². The molecule has 1 saturated heterocycles. The van der Waals surface area contributed by atoms with Gasteiger partial charge in [0.25, 0.3) is 0 Å². The molecule has 1 aromatic heterocycles. The van der Waals surface area contributed by atoms with E-state index < -0.39 is 0 Å². The van der Waals surface area contributed by atoms with E-state index in [0.717, 1.165) is 37.8 Å². The number of aromatic nitrogens is 3. The Morgan fingerprint density at radius 2 is 2.19 bits per heavy atom. The highest BCUT2D eigenvalue weighted by molar-refractivity contribution is 5.04. The van der Waals surface area contributed by atoms with Gasteiger partial charge in [-0.15, -0.1) is 10.2 Å². The zero-order valence-electron chi connectivity index (χ0n) is 9.82. The van der Waals surface area contributed by atoms with E-state index in [1.54, 1.807) is 0 Å². The van der Waals surface area contributed by atoms with Gasteiger partial charge in [0.15, 0.2) is 0 Å². The van der Waals surface area contributed by atoms with E-state index in [1.807, 2.05) is 0 Å². The number of likely N-dealkylation sites (N-methyl/N-ethyl adjacent to an activating group) is 1. The molecule has 0 amide bonds. The monoisotopic (exact) mass is 221 g/mol. The lowest BCUT2D eigenvalue weighted by atomic mass is 10.0. The van der Waals surface area contributed by atoms with Gasteiger partial charge in [0.2, 0.25) is 0 Å². The minimum absolute atomic E-state index is 0.429. The molecule has 3 heterocycles. The maximum absolute atomic E-state index is 4.38. The van der Waals surface area contributed by atoms with Crippen LogP contribution in [-0.2, 0) is 13.1 Å². The molecule has 0 saturated carbocycles. The summed E-state index contributed by atoms with van der Waals surface area (Å²) in [5.41, 5.74) is 0. The highest BCUT2D eigenvalue weighted by Gasteiger charge is 2.25. The fourth-order valence-electron chi connectivity index (χ4n) is 2.63. The first kappa shape index (κ1) is 10.2. The van der Waals surface area contributed by atoms with Crippen LogP contribution in [0.1, 0.15) is 37.0 Å². The first-order valence-corrected chi connectivity index (χ1v) is 6.18. The van der Waals surface area contributed by atoms with Gasteiger partial charge in [-0.3, -0.25) is 4.90 Å². The lowest BCUT2D eigenvalue weighted by Gasteiger charge is -2.27. The van der Waals surface area contributed by atoms with Gasteiger partial charge in [-0.05, 0) is 26.4 Å². The first-order valence-electron chi connectivity index (χ1n) is 6.18. The molecule has 1 atom stereocenters. The predicted octanol–water partition coefficient (Wildman–Crippen LogP) is 0.538. The lowest BCUT2D eigenvalue weighted by molar-refractivity contribution is 0.257. The van der Waals surface area contributed by atoms with E-state index in [1.165, 1.54) is 19.3 Å². The van der Waals surface area contributed by atoms with Crippen LogP contribution in [-0.4, -0.2) is 39.8 Å². The Balaban J connectivity index is 1.85. The number of fused-ring (bicyclic) bond motifs is 1. The van der Waals surface area contributed by atoms with Crippen LogP contribution in [0.3, 0.4) is 0 Å². The predicted molar refractivity (Wildman–Crippen MR) is 61.0 cm³/mol. The van der Waals surface area contributed by atoms with Crippen molar-refractivity contribution in [1.82, 2.24) is 25.0 Å². The van der Waals surface area contributed by atoms with E-state index in [9.17, 15) is 0 Å². The summed E-state index contributed by atoms with van der Waals surface area (Å²) in [4.78, 5) is 2.29. The van der Waals surface area contributed by atoms with E-state index in [2.05, 4.69) is 32.0 Å². The van der Waals surface area contributed by atoms with Crippen molar-refractivity contribution in [3.05, 3.63) is 11.6 Å². The van der Waals surface area contributed by atoms with Crippen LogP contribution in [0.15, 0.2) is 0 Å². The third-order valence-electron chi connectivity index (χ3n) is 3.59.